The van der Waals surface area contributed by atoms with E-state index in [0.29, 0.717) is 18.2 Å². The normalized spacial score (nSPS) is 14.6. The van der Waals surface area contributed by atoms with Gasteiger partial charge in [-0.15, -0.1) is 10.2 Å². The smallest absolute Gasteiger partial charge is 0.321 e. The second-order valence-electron chi connectivity index (χ2n) is 6.74. The van der Waals surface area contributed by atoms with Gasteiger partial charge in [0.25, 0.3) is 0 Å². The summed E-state index contributed by atoms with van der Waals surface area (Å²) in [6.45, 7) is 4.86. The Hall–Kier alpha value is -2.46. The molecule has 1 aromatic heterocycles. The van der Waals surface area contributed by atoms with Crippen molar-refractivity contribution in [3.05, 3.63) is 35.9 Å². The molecule has 1 aliphatic rings. The van der Waals surface area contributed by atoms with Crippen LogP contribution in [0, 0.1) is 5.82 Å². The van der Waals surface area contributed by atoms with Crippen molar-refractivity contribution in [2.24, 2.45) is 0 Å². The first-order chi connectivity index (χ1) is 14.1. The molecule has 156 valence electrons. The average Bonchev–Trinajstić information content (AvgIpc) is 3.10. The molecule has 10 heteroatoms. The molecule has 1 aromatic carbocycles. The number of carbonyl (C=O) groups excluding carboxylic acids is 2. The quantitative estimate of drug-likeness (QED) is 0.668. The van der Waals surface area contributed by atoms with Crippen LogP contribution < -0.4 is 10.6 Å². The standard InChI is InChI=1S/C19H25FN6O2S/c1-2-21-18(28)22-17(27)13-29-19-24-23-16(12-25-10-4-3-5-11-25)26(19)15-8-6-14(20)7-9-15/h6-9H,2-5,10-13H2,1H3,(H2,21,22,27,28). The summed E-state index contributed by atoms with van der Waals surface area (Å²) in [6, 6.07) is 5.57. The highest BCUT2D eigenvalue weighted by atomic mass is 32.2. The van der Waals surface area contributed by atoms with Crippen molar-refractivity contribution in [1.29, 1.82) is 0 Å². The minimum Gasteiger partial charge on any atom is -0.338 e. The van der Waals surface area contributed by atoms with Crippen LogP contribution in [-0.2, 0) is 11.3 Å². The van der Waals surface area contributed by atoms with Gasteiger partial charge in [0.15, 0.2) is 11.0 Å². The molecule has 0 bridgehead atoms. The number of urea groups is 1. The van der Waals surface area contributed by atoms with Crippen molar-refractivity contribution in [2.45, 2.75) is 37.9 Å². The second-order valence-corrected chi connectivity index (χ2v) is 7.69. The Morgan fingerprint density at radius 2 is 1.86 bits per heavy atom. The molecule has 3 rings (SSSR count). The minimum absolute atomic E-state index is 0.0141. The van der Waals surface area contributed by atoms with Crippen molar-refractivity contribution in [2.75, 3.05) is 25.4 Å². The number of nitrogens with one attached hydrogen (secondary N) is 2. The first-order valence-corrected chi connectivity index (χ1v) is 10.7. The van der Waals surface area contributed by atoms with E-state index in [4.69, 9.17) is 0 Å². The van der Waals surface area contributed by atoms with E-state index in [9.17, 15) is 14.0 Å². The van der Waals surface area contributed by atoms with Crippen molar-refractivity contribution in [1.82, 2.24) is 30.3 Å². The van der Waals surface area contributed by atoms with E-state index in [1.807, 2.05) is 4.57 Å². The molecule has 0 atom stereocenters. The van der Waals surface area contributed by atoms with Crippen molar-refractivity contribution >= 4 is 23.7 Å². The van der Waals surface area contributed by atoms with Crippen molar-refractivity contribution < 1.29 is 14.0 Å². The lowest BCUT2D eigenvalue weighted by Crippen LogP contribution is -2.40. The van der Waals surface area contributed by atoms with Crippen LogP contribution in [0.1, 0.15) is 32.0 Å². The van der Waals surface area contributed by atoms with Crippen LogP contribution in [0.2, 0.25) is 0 Å². The van der Waals surface area contributed by atoms with Gasteiger partial charge in [-0.25, -0.2) is 9.18 Å². The number of nitrogens with zero attached hydrogens (tertiary/aromatic N) is 4. The minimum atomic E-state index is -0.524. The number of piperidine rings is 1. The lowest BCUT2D eigenvalue weighted by atomic mass is 10.1. The summed E-state index contributed by atoms with van der Waals surface area (Å²) >= 11 is 1.18. The van der Waals surface area contributed by atoms with Crippen LogP contribution in [-0.4, -0.2) is 57.0 Å². The number of hydrogen-bond donors (Lipinski definition) is 2. The number of amides is 3. The Labute approximate surface area is 173 Å². The molecule has 8 nitrogen and oxygen atoms in total. The maximum absolute atomic E-state index is 13.4. The number of carbonyl (C=O) groups is 2. The molecule has 29 heavy (non-hydrogen) atoms. The molecular formula is C19H25FN6O2S. The molecule has 0 radical (unpaired) electrons. The van der Waals surface area contributed by atoms with Crippen LogP contribution in [0.4, 0.5) is 9.18 Å². The molecule has 0 saturated carbocycles. The van der Waals surface area contributed by atoms with Gasteiger partial charge in [0, 0.05) is 12.2 Å². The Bertz CT molecular complexity index is 836. The third-order valence-electron chi connectivity index (χ3n) is 4.52. The fourth-order valence-electron chi connectivity index (χ4n) is 3.16. The molecule has 2 N–H and O–H groups in total. The van der Waals surface area contributed by atoms with Crippen LogP contribution >= 0.6 is 11.8 Å². The van der Waals surface area contributed by atoms with Crippen LogP contribution in [0.5, 0.6) is 0 Å². The van der Waals surface area contributed by atoms with Crippen molar-refractivity contribution in [3.8, 4) is 5.69 Å². The first kappa shape index (κ1) is 21.3. The van der Waals surface area contributed by atoms with E-state index < -0.39 is 11.9 Å². The lowest BCUT2D eigenvalue weighted by molar-refractivity contribution is -0.117. The van der Waals surface area contributed by atoms with Gasteiger partial charge >= 0.3 is 6.03 Å². The van der Waals surface area contributed by atoms with E-state index in [-0.39, 0.29) is 11.6 Å². The zero-order valence-electron chi connectivity index (χ0n) is 16.4. The summed E-state index contributed by atoms with van der Waals surface area (Å²) in [5.74, 6) is 0.00689. The SMILES string of the molecule is CCNC(=O)NC(=O)CSc1nnc(CN2CCCCC2)n1-c1ccc(F)cc1. The predicted molar refractivity (Wildman–Crippen MR) is 108 cm³/mol. The number of rotatable bonds is 7. The van der Waals surface area contributed by atoms with Gasteiger partial charge in [-0.05, 0) is 57.1 Å². The number of hydrogen-bond acceptors (Lipinski definition) is 6. The molecule has 1 aliphatic heterocycles. The summed E-state index contributed by atoms with van der Waals surface area (Å²) in [5, 5.41) is 13.9. The molecule has 0 unspecified atom stereocenters. The zero-order valence-corrected chi connectivity index (χ0v) is 17.2. The van der Waals surface area contributed by atoms with Crippen LogP contribution in [0.3, 0.4) is 0 Å². The summed E-state index contributed by atoms with van der Waals surface area (Å²) in [6.07, 6.45) is 3.56. The number of imide groups is 1. The molecule has 2 heterocycles. The van der Waals surface area contributed by atoms with Gasteiger partial charge in [0.1, 0.15) is 5.82 Å². The molecule has 1 fully saturated rings. The number of aromatic nitrogens is 3. The molecule has 0 spiro atoms. The van der Waals surface area contributed by atoms with Gasteiger partial charge in [0.2, 0.25) is 5.91 Å². The van der Waals surface area contributed by atoms with Gasteiger partial charge in [-0.1, -0.05) is 18.2 Å². The molecule has 1 saturated heterocycles. The number of likely N-dealkylation sites (tertiary alicyclic amines) is 1. The third kappa shape index (κ3) is 6.01. The van der Waals surface area contributed by atoms with E-state index in [0.717, 1.165) is 37.4 Å². The highest BCUT2D eigenvalue weighted by Gasteiger charge is 2.20. The molecule has 0 aliphatic carbocycles. The molecular weight excluding hydrogens is 395 g/mol. The third-order valence-corrected chi connectivity index (χ3v) is 5.45. The summed E-state index contributed by atoms with van der Waals surface area (Å²) in [7, 11) is 0. The fraction of sp³-hybridized carbons (Fsp3) is 0.474. The molecule has 3 amide bonds. The van der Waals surface area contributed by atoms with Crippen LogP contribution in [0.15, 0.2) is 29.4 Å². The Kier molecular flexibility index (Phi) is 7.59. The number of thioether (sulfide) groups is 1. The fourth-order valence-corrected chi connectivity index (χ4v) is 3.93. The highest BCUT2D eigenvalue weighted by molar-refractivity contribution is 7.99. The monoisotopic (exact) mass is 420 g/mol. The maximum atomic E-state index is 13.4. The summed E-state index contributed by atoms with van der Waals surface area (Å²) in [4.78, 5) is 25.8. The number of halogens is 1. The predicted octanol–water partition coefficient (Wildman–Crippen LogP) is 2.33. The van der Waals surface area contributed by atoms with Gasteiger partial charge in [-0.2, -0.15) is 0 Å². The number of benzene rings is 1. The van der Waals surface area contributed by atoms with E-state index >= 15 is 0 Å². The Morgan fingerprint density at radius 3 is 2.55 bits per heavy atom. The lowest BCUT2D eigenvalue weighted by Gasteiger charge is -2.26. The van der Waals surface area contributed by atoms with Crippen LogP contribution in [0.25, 0.3) is 5.69 Å². The second kappa shape index (κ2) is 10.4. The van der Waals surface area contributed by atoms with Crippen molar-refractivity contribution in [3.63, 3.8) is 0 Å². The average molecular weight is 421 g/mol. The van der Waals surface area contributed by atoms with E-state index in [1.165, 1.54) is 30.3 Å². The maximum Gasteiger partial charge on any atom is 0.321 e. The Balaban J connectivity index is 1.76. The topological polar surface area (TPSA) is 92.2 Å². The van der Waals surface area contributed by atoms with E-state index in [2.05, 4.69) is 25.7 Å². The summed E-state index contributed by atoms with van der Waals surface area (Å²) < 4.78 is 15.2. The Morgan fingerprint density at radius 1 is 1.14 bits per heavy atom. The van der Waals surface area contributed by atoms with E-state index in [1.54, 1.807) is 19.1 Å². The summed E-state index contributed by atoms with van der Waals surface area (Å²) in [5.41, 5.74) is 0.732. The highest BCUT2D eigenvalue weighted by Crippen LogP contribution is 2.24. The van der Waals surface area contributed by atoms with Gasteiger partial charge in [-0.3, -0.25) is 19.6 Å². The zero-order chi connectivity index (χ0) is 20.6. The molecule has 2 aromatic rings. The largest absolute Gasteiger partial charge is 0.338 e. The van der Waals surface area contributed by atoms with Gasteiger partial charge in [0.05, 0.1) is 12.3 Å². The van der Waals surface area contributed by atoms with Gasteiger partial charge < -0.3 is 5.32 Å². The first-order valence-electron chi connectivity index (χ1n) is 9.70.